The molecule has 0 radical (unpaired) electrons. The van der Waals surface area contributed by atoms with Gasteiger partial charge in [0.05, 0.1) is 0 Å². The lowest BCUT2D eigenvalue weighted by Gasteiger charge is -2.06. The molecule has 1 heterocycles. The van der Waals surface area contributed by atoms with Gasteiger partial charge in [-0.3, -0.25) is 4.79 Å². The van der Waals surface area contributed by atoms with Crippen LogP contribution in [0.15, 0.2) is 30.3 Å². The highest BCUT2D eigenvalue weighted by Gasteiger charge is 2.28. The van der Waals surface area contributed by atoms with Crippen LogP contribution in [0, 0.1) is 0 Å². The number of para-hydroxylation sites is 1. The summed E-state index contributed by atoms with van der Waals surface area (Å²) in [4.78, 5) is 14.2. The van der Waals surface area contributed by atoms with Gasteiger partial charge in [0.2, 0.25) is 0 Å². The first-order valence-electron chi connectivity index (χ1n) is 4.88. The molecule has 0 atom stereocenters. The monoisotopic (exact) mass is 242 g/mol. The van der Waals surface area contributed by atoms with Crippen molar-refractivity contribution in [3.8, 4) is 0 Å². The molecule has 1 amide bonds. The predicted molar refractivity (Wildman–Crippen MR) is 56.7 cm³/mol. The second kappa shape index (κ2) is 4.12. The number of aromatic nitrogens is 1. The van der Waals surface area contributed by atoms with Gasteiger partial charge in [-0.05, 0) is 12.1 Å². The zero-order chi connectivity index (χ0) is 12.5. The Kier molecular flexibility index (Phi) is 2.79. The molecule has 0 saturated heterocycles. The lowest BCUT2D eigenvalue weighted by atomic mass is 10.2. The van der Waals surface area contributed by atoms with Gasteiger partial charge in [0.15, 0.2) is 0 Å². The fraction of sp³-hybridized carbons (Fsp3) is 0.182. The maximum absolute atomic E-state index is 11.9. The Bertz CT molecular complexity index is 512. The quantitative estimate of drug-likeness (QED) is 0.834. The lowest BCUT2D eigenvalue weighted by molar-refractivity contribution is -0.123. The van der Waals surface area contributed by atoms with Crippen LogP contribution in [0.3, 0.4) is 0 Å². The van der Waals surface area contributed by atoms with Crippen LogP contribution in [0.2, 0.25) is 0 Å². The van der Waals surface area contributed by atoms with E-state index in [0.29, 0.717) is 5.52 Å². The maximum Gasteiger partial charge on any atom is 0.405 e. The molecular weight excluding hydrogens is 233 g/mol. The van der Waals surface area contributed by atoms with Crippen molar-refractivity contribution < 1.29 is 18.0 Å². The second-order valence-electron chi connectivity index (χ2n) is 3.57. The molecule has 0 fully saturated rings. The summed E-state index contributed by atoms with van der Waals surface area (Å²) in [5, 5.41) is 2.59. The van der Waals surface area contributed by atoms with Crippen LogP contribution in [-0.2, 0) is 0 Å². The molecule has 0 aliphatic heterocycles. The summed E-state index contributed by atoms with van der Waals surface area (Å²) in [5.74, 6) is -0.765. The Labute approximate surface area is 94.6 Å². The minimum Gasteiger partial charge on any atom is -0.351 e. The van der Waals surface area contributed by atoms with E-state index in [1.807, 2.05) is 0 Å². The van der Waals surface area contributed by atoms with Gasteiger partial charge in [-0.1, -0.05) is 18.2 Å². The van der Waals surface area contributed by atoms with E-state index in [9.17, 15) is 18.0 Å². The second-order valence-corrected chi connectivity index (χ2v) is 3.57. The van der Waals surface area contributed by atoms with E-state index >= 15 is 0 Å². The van der Waals surface area contributed by atoms with Crippen LogP contribution in [0.25, 0.3) is 10.9 Å². The highest BCUT2D eigenvalue weighted by atomic mass is 19.4. The van der Waals surface area contributed by atoms with Crippen molar-refractivity contribution in [3.05, 3.63) is 36.0 Å². The first-order valence-corrected chi connectivity index (χ1v) is 4.88. The summed E-state index contributed by atoms with van der Waals surface area (Å²) in [6.07, 6.45) is -4.40. The van der Waals surface area contributed by atoms with Crippen molar-refractivity contribution in [2.45, 2.75) is 6.18 Å². The van der Waals surface area contributed by atoms with Gasteiger partial charge in [-0.25, -0.2) is 0 Å². The molecular formula is C11H9F3N2O. The molecule has 0 saturated carbocycles. The Morgan fingerprint density at radius 2 is 2.00 bits per heavy atom. The van der Waals surface area contributed by atoms with Gasteiger partial charge in [0.25, 0.3) is 5.91 Å². The number of rotatable bonds is 2. The van der Waals surface area contributed by atoms with E-state index in [4.69, 9.17) is 0 Å². The zero-order valence-electron chi connectivity index (χ0n) is 8.64. The number of benzene rings is 1. The topological polar surface area (TPSA) is 44.9 Å². The maximum atomic E-state index is 11.9. The predicted octanol–water partition coefficient (Wildman–Crippen LogP) is 2.46. The van der Waals surface area contributed by atoms with Gasteiger partial charge in [0.1, 0.15) is 12.2 Å². The minimum absolute atomic E-state index is 0.121. The Morgan fingerprint density at radius 3 is 2.65 bits per heavy atom. The van der Waals surface area contributed by atoms with Crippen LogP contribution in [0.4, 0.5) is 13.2 Å². The molecule has 2 aromatic rings. The molecule has 0 unspecified atom stereocenters. The van der Waals surface area contributed by atoms with E-state index < -0.39 is 18.6 Å². The van der Waals surface area contributed by atoms with E-state index in [1.165, 1.54) is 6.07 Å². The highest BCUT2D eigenvalue weighted by Crippen LogP contribution is 2.15. The van der Waals surface area contributed by atoms with Gasteiger partial charge in [-0.2, -0.15) is 13.2 Å². The number of aromatic amines is 1. The number of alkyl halides is 3. The fourth-order valence-corrected chi connectivity index (χ4v) is 1.47. The summed E-state index contributed by atoms with van der Waals surface area (Å²) >= 11 is 0. The van der Waals surface area contributed by atoms with Gasteiger partial charge in [-0.15, -0.1) is 0 Å². The first kappa shape index (κ1) is 11.5. The molecule has 3 nitrogen and oxygen atoms in total. The third-order valence-electron chi connectivity index (χ3n) is 2.22. The number of nitrogens with one attached hydrogen (secondary N) is 2. The first-order chi connectivity index (χ1) is 7.96. The Morgan fingerprint density at radius 1 is 1.29 bits per heavy atom. The molecule has 0 bridgehead atoms. The van der Waals surface area contributed by atoms with E-state index in [2.05, 4.69) is 4.98 Å². The molecule has 2 rings (SSSR count). The summed E-state index contributed by atoms with van der Waals surface area (Å²) in [6.45, 7) is -1.33. The standard InChI is InChI=1S/C11H9F3N2O/c12-11(13,14)6-15-10(17)9-5-7-3-1-2-4-8(7)16-9/h1-5,16H,6H2,(H,15,17). The Hall–Kier alpha value is -1.98. The number of hydrogen-bond donors (Lipinski definition) is 2. The average Bonchev–Trinajstić information content (AvgIpc) is 2.68. The van der Waals surface area contributed by atoms with E-state index in [0.717, 1.165) is 5.39 Å². The van der Waals surface area contributed by atoms with E-state index in [1.54, 1.807) is 29.6 Å². The zero-order valence-corrected chi connectivity index (χ0v) is 8.64. The largest absolute Gasteiger partial charge is 0.405 e. The molecule has 90 valence electrons. The molecule has 1 aromatic carbocycles. The van der Waals surface area contributed by atoms with Gasteiger partial charge >= 0.3 is 6.18 Å². The molecule has 0 aliphatic carbocycles. The van der Waals surface area contributed by atoms with E-state index in [-0.39, 0.29) is 5.69 Å². The Balaban J connectivity index is 2.14. The lowest BCUT2D eigenvalue weighted by Crippen LogP contribution is -2.33. The van der Waals surface area contributed by atoms with Crippen molar-refractivity contribution in [1.82, 2.24) is 10.3 Å². The molecule has 17 heavy (non-hydrogen) atoms. The van der Waals surface area contributed by atoms with Crippen molar-refractivity contribution >= 4 is 16.8 Å². The number of carbonyl (C=O) groups is 1. The van der Waals surface area contributed by atoms with Crippen molar-refractivity contribution in [1.29, 1.82) is 0 Å². The van der Waals surface area contributed by atoms with Crippen LogP contribution < -0.4 is 5.32 Å². The minimum atomic E-state index is -4.40. The SMILES string of the molecule is O=C(NCC(F)(F)F)c1cc2ccccc2[nH]1. The molecule has 0 aliphatic rings. The third-order valence-corrected chi connectivity index (χ3v) is 2.22. The van der Waals surface area contributed by atoms with Crippen LogP contribution in [0.5, 0.6) is 0 Å². The van der Waals surface area contributed by atoms with Crippen molar-refractivity contribution in [3.63, 3.8) is 0 Å². The van der Waals surface area contributed by atoms with Gasteiger partial charge < -0.3 is 10.3 Å². The third kappa shape index (κ3) is 2.77. The summed E-state index contributed by atoms with van der Waals surface area (Å²) in [6, 6.07) is 8.59. The van der Waals surface area contributed by atoms with Crippen LogP contribution in [-0.4, -0.2) is 23.6 Å². The van der Waals surface area contributed by atoms with Crippen LogP contribution in [0.1, 0.15) is 10.5 Å². The van der Waals surface area contributed by atoms with Gasteiger partial charge in [0, 0.05) is 10.9 Å². The number of fused-ring (bicyclic) bond motifs is 1. The molecule has 0 spiro atoms. The van der Waals surface area contributed by atoms with Crippen LogP contribution >= 0.6 is 0 Å². The van der Waals surface area contributed by atoms with Crippen molar-refractivity contribution in [2.75, 3.05) is 6.54 Å². The summed E-state index contributed by atoms with van der Waals surface area (Å²) < 4.78 is 35.7. The number of halogens is 3. The average molecular weight is 242 g/mol. The molecule has 1 aromatic heterocycles. The molecule has 6 heteroatoms. The number of H-pyrrole nitrogens is 1. The fourth-order valence-electron chi connectivity index (χ4n) is 1.47. The summed E-state index contributed by atoms with van der Waals surface area (Å²) in [5.41, 5.74) is 0.833. The smallest absolute Gasteiger partial charge is 0.351 e. The highest BCUT2D eigenvalue weighted by molar-refractivity contribution is 5.97. The summed E-state index contributed by atoms with van der Waals surface area (Å²) in [7, 11) is 0. The number of carbonyl (C=O) groups excluding carboxylic acids is 1. The number of amides is 1. The van der Waals surface area contributed by atoms with Crippen molar-refractivity contribution in [2.24, 2.45) is 0 Å². The normalized spacial score (nSPS) is 11.7. The number of hydrogen-bond acceptors (Lipinski definition) is 1. The molecule has 2 N–H and O–H groups in total.